The first-order valence-corrected chi connectivity index (χ1v) is 12.6. The third-order valence-corrected chi connectivity index (χ3v) is 7.70. The highest BCUT2D eigenvalue weighted by atomic mass is 16.5. The molecule has 0 spiro atoms. The number of likely N-dealkylation sites (tertiary alicyclic amines) is 1. The van der Waals surface area contributed by atoms with Crippen LogP contribution in [0.25, 0.3) is 0 Å². The van der Waals surface area contributed by atoms with E-state index >= 15 is 0 Å². The van der Waals surface area contributed by atoms with E-state index in [1.54, 1.807) is 24.1 Å². The molecule has 184 valence electrons. The van der Waals surface area contributed by atoms with E-state index in [2.05, 4.69) is 16.1 Å². The Morgan fingerprint density at radius 3 is 2.53 bits per heavy atom. The van der Waals surface area contributed by atoms with Crippen LogP contribution in [0.3, 0.4) is 0 Å². The van der Waals surface area contributed by atoms with Crippen molar-refractivity contribution in [3.05, 3.63) is 47.8 Å². The Kier molecular flexibility index (Phi) is 7.91. The largest absolute Gasteiger partial charge is 0.497 e. The molecular weight excluding hydrogens is 428 g/mol. The molecule has 0 N–H and O–H groups in total. The molecule has 2 heterocycles. The number of carbonyl (C=O) groups is 2. The quantitative estimate of drug-likeness (QED) is 0.591. The van der Waals surface area contributed by atoms with Gasteiger partial charge in [-0.05, 0) is 67.7 Å². The van der Waals surface area contributed by atoms with E-state index in [1.807, 2.05) is 37.2 Å². The van der Waals surface area contributed by atoms with E-state index in [4.69, 9.17) is 4.74 Å². The van der Waals surface area contributed by atoms with Gasteiger partial charge in [0.25, 0.3) is 5.91 Å². The van der Waals surface area contributed by atoms with Gasteiger partial charge >= 0.3 is 0 Å². The Balaban J connectivity index is 1.46. The molecule has 2 aromatic rings. The van der Waals surface area contributed by atoms with Crippen LogP contribution in [0, 0.1) is 11.8 Å². The summed E-state index contributed by atoms with van der Waals surface area (Å²) in [5.41, 5.74) is 1.61. The summed E-state index contributed by atoms with van der Waals surface area (Å²) in [4.78, 5) is 30.1. The Morgan fingerprint density at radius 1 is 1.15 bits per heavy atom. The molecular formula is C27H38N4O3. The van der Waals surface area contributed by atoms with Gasteiger partial charge in [0.15, 0.2) is 0 Å². The number of ether oxygens (including phenoxy) is 1. The van der Waals surface area contributed by atoms with E-state index in [0.29, 0.717) is 29.9 Å². The van der Waals surface area contributed by atoms with Crippen LogP contribution in [0.2, 0.25) is 0 Å². The average Bonchev–Trinajstić information content (AvgIpc) is 3.53. The molecule has 1 aromatic carbocycles. The van der Waals surface area contributed by atoms with E-state index in [0.717, 1.165) is 43.7 Å². The monoisotopic (exact) mass is 466 g/mol. The zero-order valence-corrected chi connectivity index (χ0v) is 20.8. The number of benzene rings is 1. The molecule has 34 heavy (non-hydrogen) atoms. The summed E-state index contributed by atoms with van der Waals surface area (Å²) in [5.74, 6) is 1.97. The fraction of sp³-hybridized carbons (Fsp3) is 0.593. The Hall–Kier alpha value is -2.83. The van der Waals surface area contributed by atoms with Gasteiger partial charge in [0.1, 0.15) is 11.4 Å². The molecule has 1 saturated heterocycles. The van der Waals surface area contributed by atoms with Gasteiger partial charge in [0.2, 0.25) is 5.91 Å². The topological polar surface area (TPSA) is 67.7 Å². The molecule has 7 nitrogen and oxygen atoms in total. The summed E-state index contributed by atoms with van der Waals surface area (Å²) in [6.07, 6.45) is 9.99. The molecule has 1 atom stereocenters. The Labute approximate surface area is 203 Å². The van der Waals surface area contributed by atoms with Crippen LogP contribution in [0.4, 0.5) is 0 Å². The number of amides is 2. The molecule has 1 aliphatic carbocycles. The van der Waals surface area contributed by atoms with Crippen LogP contribution < -0.4 is 4.74 Å². The number of likely N-dealkylation sites (N-methyl/N-ethyl adjacent to an activating group) is 1. The number of hydrogen-bond donors (Lipinski definition) is 0. The highest BCUT2D eigenvalue weighted by Crippen LogP contribution is 2.31. The molecule has 2 fully saturated rings. The van der Waals surface area contributed by atoms with Crippen molar-refractivity contribution in [2.24, 2.45) is 18.9 Å². The van der Waals surface area contributed by atoms with Gasteiger partial charge in [-0.15, -0.1) is 0 Å². The minimum absolute atomic E-state index is 0.0219. The van der Waals surface area contributed by atoms with Crippen molar-refractivity contribution in [1.29, 1.82) is 0 Å². The second-order valence-corrected chi connectivity index (χ2v) is 9.99. The van der Waals surface area contributed by atoms with Crippen LogP contribution >= 0.6 is 0 Å². The predicted octanol–water partition coefficient (Wildman–Crippen LogP) is 3.93. The molecule has 1 unspecified atom stereocenters. The lowest BCUT2D eigenvalue weighted by Crippen LogP contribution is -2.48. The molecule has 1 saturated carbocycles. The lowest BCUT2D eigenvalue weighted by atomic mass is 9.84. The number of aryl methyl sites for hydroxylation is 1. The second-order valence-electron chi connectivity index (χ2n) is 9.99. The Bertz CT molecular complexity index is 974. The summed E-state index contributed by atoms with van der Waals surface area (Å²) in [6.45, 7) is 1.55. The molecule has 1 aromatic heterocycles. The predicted molar refractivity (Wildman–Crippen MR) is 132 cm³/mol. The standard InChI is InChI=1S/C27H38N4O3/c1-29-14-13-24(28-29)27(33)30(2)25(18-21-9-6-10-23(17-21)34-3)22-11-15-31(16-12-22)26(32)19-20-7-4-5-8-20/h6,9-10,13-14,17,20,22,25H,4-5,7-8,11-12,15-16,18-19H2,1-3H3. The van der Waals surface area contributed by atoms with Crippen LogP contribution in [-0.4, -0.2) is 64.7 Å². The van der Waals surface area contributed by atoms with E-state index in [9.17, 15) is 9.59 Å². The minimum Gasteiger partial charge on any atom is -0.497 e. The highest BCUT2D eigenvalue weighted by Gasteiger charge is 2.34. The third-order valence-electron chi connectivity index (χ3n) is 7.70. The summed E-state index contributed by atoms with van der Waals surface area (Å²) >= 11 is 0. The molecule has 2 amide bonds. The average molecular weight is 467 g/mol. The van der Waals surface area contributed by atoms with Gasteiger partial charge in [0, 0.05) is 45.8 Å². The second kappa shape index (κ2) is 11.1. The van der Waals surface area contributed by atoms with Crippen molar-refractivity contribution in [3.63, 3.8) is 0 Å². The summed E-state index contributed by atoms with van der Waals surface area (Å²) in [5, 5.41) is 4.33. The number of piperidine rings is 1. The van der Waals surface area contributed by atoms with Gasteiger partial charge in [0.05, 0.1) is 7.11 Å². The lowest BCUT2D eigenvalue weighted by Gasteiger charge is -2.40. The number of carbonyl (C=O) groups excluding carboxylic acids is 2. The summed E-state index contributed by atoms with van der Waals surface area (Å²) in [6, 6.07) is 9.87. The minimum atomic E-state index is -0.0618. The zero-order valence-electron chi connectivity index (χ0n) is 20.8. The fourth-order valence-electron chi connectivity index (χ4n) is 5.65. The van der Waals surface area contributed by atoms with E-state index < -0.39 is 0 Å². The van der Waals surface area contributed by atoms with Crippen LogP contribution in [0.5, 0.6) is 5.75 Å². The maximum absolute atomic E-state index is 13.3. The molecule has 7 heteroatoms. The Morgan fingerprint density at radius 2 is 1.88 bits per heavy atom. The van der Waals surface area contributed by atoms with Crippen molar-refractivity contribution in [3.8, 4) is 5.75 Å². The van der Waals surface area contributed by atoms with Crippen LogP contribution in [0.15, 0.2) is 36.5 Å². The first-order chi connectivity index (χ1) is 16.4. The van der Waals surface area contributed by atoms with Crippen LogP contribution in [0.1, 0.15) is 61.0 Å². The molecule has 0 bridgehead atoms. The van der Waals surface area contributed by atoms with Crippen molar-refractivity contribution in [2.75, 3.05) is 27.2 Å². The zero-order chi connectivity index (χ0) is 24.1. The maximum Gasteiger partial charge on any atom is 0.274 e. The van der Waals surface area contributed by atoms with Crippen LogP contribution in [-0.2, 0) is 18.3 Å². The number of aromatic nitrogens is 2. The van der Waals surface area contributed by atoms with Crippen molar-refractivity contribution in [2.45, 2.75) is 57.4 Å². The SMILES string of the molecule is COc1cccc(CC(C2CCN(C(=O)CC3CCCC3)CC2)N(C)C(=O)c2ccn(C)n2)c1. The number of rotatable bonds is 8. The molecule has 4 rings (SSSR count). The fourth-order valence-corrected chi connectivity index (χ4v) is 5.65. The summed E-state index contributed by atoms with van der Waals surface area (Å²) < 4.78 is 7.08. The maximum atomic E-state index is 13.3. The van der Waals surface area contributed by atoms with Gasteiger partial charge in [-0.3, -0.25) is 14.3 Å². The van der Waals surface area contributed by atoms with Crippen molar-refractivity contribution in [1.82, 2.24) is 19.6 Å². The van der Waals surface area contributed by atoms with Gasteiger partial charge in [-0.2, -0.15) is 5.10 Å². The lowest BCUT2D eigenvalue weighted by molar-refractivity contribution is -0.133. The molecule has 2 aliphatic rings. The first-order valence-electron chi connectivity index (χ1n) is 12.6. The van der Waals surface area contributed by atoms with Gasteiger partial charge in [-0.25, -0.2) is 0 Å². The number of nitrogens with zero attached hydrogens (tertiary/aromatic N) is 4. The summed E-state index contributed by atoms with van der Waals surface area (Å²) in [7, 11) is 5.38. The third kappa shape index (κ3) is 5.80. The van der Waals surface area contributed by atoms with Gasteiger partial charge in [-0.1, -0.05) is 25.0 Å². The van der Waals surface area contributed by atoms with Crippen molar-refractivity contribution >= 4 is 11.8 Å². The van der Waals surface area contributed by atoms with E-state index in [1.165, 1.54) is 25.7 Å². The normalized spacial score (nSPS) is 18.1. The van der Waals surface area contributed by atoms with Crippen molar-refractivity contribution < 1.29 is 14.3 Å². The number of hydrogen-bond acceptors (Lipinski definition) is 4. The number of methoxy groups -OCH3 is 1. The van der Waals surface area contributed by atoms with Gasteiger partial charge < -0.3 is 14.5 Å². The highest BCUT2D eigenvalue weighted by molar-refractivity contribution is 5.92. The van der Waals surface area contributed by atoms with E-state index in [-0.39, 0.29) is 11.9 Å². The smallest absolute Gasteiger partial charge is 0.274 e. The first kappa shape index (κ1) is 24.3. The molecule has 0 radical (unpaired) electrons. The molecule has 1 aliphatic heterocycles.